The van der Waals surface area contributed by atoms with Crippen LogP contribution in [0.3, 0.4) is 0 Å². The topological polar surface area (TPSA) is 101 Å². The molecule has 1 rings (SSSR count). The summed E-state index contributed by atoms with van der Waals surface area (Å²) < 4.78 is 0. The normalized spacial score (nSPS) is 13.5. The summed E-state index contributed by atoms with van der Waals surface area (Å²) in [5, 5.41) is 18.2. The lowest BCUT2D eigenvalue weighted by atomic mass is 9.83. The van der Waals surface area contributed by atoms with Gasteiger partial charge in [0.25, 0.3) is 0 Å². The van der Waals surface area contributed by atoms with Crippen LogP contribution in [0, 0.1) is 5.92 Å². The van der Waals surface area contributed by atoms with Crippen molar-refractivity contribution < 1.29 is 19.8 Å². The lowest BCUT2D eigenvalue weighted by molar-refractivity contribution is -0.141. The Kier molecular flexibility index (Phi) is 6.52. The zero-order valence-electron chi connectivity index (χ0n) is 10.7. The molecule has 5 nitrogen and oxygen atoms in total. The van der Waals surface area contributed by atoms with Gasteiger partial charge in [0.1, 0.15) is 17.6 Å². The van der Waals surface area contributed by atoms with E-state index in [9.17, 15) is 14.7 Å². The van der Waals surface area contributed by atoms with Crippen molar-refractivity contribution in [2.24, 2.45) is 11.7 Å². The molecule has 0 aliphatic heterocycles. The number of carboxylic acids is 1. The van der Waals surface area contributed by atoms with Gasteiger partial charge < -0.3 is 15.9 Å². The first-order valence-corrected chi connectivity index (χ1v) is 5.65. The second kappa shape index (κ2) is 7.11. The maximum atomic E-state index is 12.1. The van der Waals surface area contributed by atoms with Gasteiger partial charge in [0.05, 0.1) is 5.92 Å². The van der Waals surface area contributed by atoms with Gasteiger partial charge in [-0.1, -0.05) is 26.0 Å². The van der Waals surface area contributed by atoms with Crippen LogP contribution in [0.15, 0.2) is 24.3 Å². The van der Waals surface area contributed by atoms with E-state index in [4.69, 9.17) is 10.8 Å². The second-order valence-electron chi connectivity index (χ2n) is 4.49. The minimum absolute atomic E-state index is 0. The number of carbonyl (C=O) groups is 2. The molecule has 6 heteroatoms. The van der Waals surface area contributed by atoms with Gasteiger partial charge in [-0.2, -0.15) is 0 Å². The fourth-order valence-electron chi connectivity index (χ4n) is 1.73. The Hall–Kier alpha value is -1.59. The lowest BCUT2D eigenvalue weighted by Gasteiger charge is -2.22. The number of halogens is 1. The van der Waals surface area contributed by atoms with Crippen LogP contribution in [-0.4, -0.2) is 28.0 Å². The molecule has 0 aliphatic carbocycles. The van der Waals surface area contributed by atoms with Crippen LogP contribution in [0.2, 0.25) is 0 Å². The molecule has 0 fully saturated rings. The summed E-state index contributed by atoms with van der Waals surface area (Å²) in [6, 6.07) is 4.56. The summed E-state index contributed by atoms with van der Waals surface area (Å²) >= 11 is 0. The van der Waals surface area contributed by atoms with Crippen LogP contribution in [0.5, 0.6) is 5.75 Å². The SMILES string of the molecule is CC(C)C(=O)C(c1ccc(O)cc1)[C@H](N)C(=O)O.Cl. The van der Waals surface area contributed by atoms with Gasteiger partial charge in [-0.05, 0) is 17.7 Å². The average Bonchev–Trinajstić information content (AvgIpc) is 2.31. The molecule has 0 bridgehead atoms. The van der Waals surface area contributed by atoms with Crippen molar-refractivity contribution in [1.82, 2.24) is 0 Å². The quantitative estimate of drug-likeness (QED) is 0.762. The molecule has 0 amide bonds. The number of nitrogens with two attached hydrogens (primary N) is 1. The fraction of sp³-hybridized carbons (Fsp3) is 0.385. The highest BCUT2D eigenvalue weighted by atomic mass is 35.5. The van der Waals surface area contributed by atoms with Crippen molar-refractivity contribution in [2.75, 3.05) is 0 Å². The Bertz CT molecular complexity index is 444. The highest BCUT2D eigenvalue weighted by molar-refractivity contribution is 5.93. The molecule has 0 aromatic heterocycles. The minimum atomic E-state index is -1.29. The number of phenols is 1. The Morgan fingerprint density at radius 1 is 1.16 bits per heavy atom. The molecule has 1 aromatic carbocycles. The number of benzene rings is 1. The number of aliphatic carboxylic acids is 1. The van der Waals surface area contributed by atoms with Crippen molar-refractivity contribution >= 4 is 24.2 Å². The number of aromatic hydroxyl groups is 1. The van der Waals surface area contributed by atoms with E-state index < -0.39 is 17.9 Å². The van der Waals surface area contributed by atoms with Crippen LogP contribution in [0.4, 0.5) is 0 Å². The number of hydrogen-bond acceptors (Lipinski definition) is 4. The molecule has 2 atom stereocenters. The van der Waals surface area contributed by atoms with Gasteiger partial charge in [-0.3, -0.25) is 9.59 Å². The van der Waals surface area contributed by atoms with E-state index in [1.165, 1.54) is 24.3 Å². The van der Waals surface area contributed by atoms with Crippen molar-refractivity contribution in [3.63, 3.8) is 0 Å². The fourth-order valence-corrected chi connectivity index (χ4v) is 1.73. The van der Waals surface area contributed by atoms with Gasteiger partial charge in [0.2, 0.25) is 0 Å². The lowest BCUT2D eigenvalue weighted by Crippen LogP contribution is -2.41. The third-order valence-corrected chi connectivity index (χ3v) is 2.77. The Morgan fingerprint density at radius 3 is 2.00 bits per heavy atom. The average molecular weight is 288 g/mol. The van der Waals surface area contributed by atoms with E-state index in [1.54, 1.807) is 13.8 Å². The van der Waals surface area contributed by atoms with E-state index in [0.29, 0.717) is 5.56 Å². The van der Waals surface area contributed by atoms with E-state index in [-0.39, 0.29) is 29.9 Å². The molecular weight excluding hydrogens is 270 g/mol. The maximum Gasteiger partial charge on any atom is 0.321 e. The van der Waals surface area contributed by atoms with Gasteiger partial charge in [-0.25, -0.2) is 0 Å². The van der Waals surface area contributed by atoms with Crippen LogP contribution in [0.1, 0.15) is 25.3 Å². The molecule has 0 saturated heterocycles. The van der Waals surface area contributed by atoms with E-state index in [2.05, 4.69) is 0 Å². The Morgan fingerprint density at radius 2 is 1.63 bits per heavy atom. The number of ketones is 1. The van der Waals surface area contributed by atoms with Crippen LogP contribution >= 0.6 is 12.4 Å². The summed E-state index contributed by atoms with van der Waals surface area (Å²) in [7, 11) is 0. The molecule has 19 heavy (non-hydrogen) atoms. The molecule has 0 heterocycles. The zero-order valence-corrected chi connectivity index (χ0v) is 11.6. The number of carbonyl (C=O) groups excluding carboxylic acids is 1. The molecule has 1 aromatic rings. The highest BCUT2D eigenvalue weighted by Gasteiger charge is 2.33. The monoisotopic (exact) mass is 287 g/mol. The summed E-state index contributed by atoms with van der Waals surface area (Å²) in [4.78, 5) is 23.0. The largest absolute Gasteiger partial charge is 0.508 e. The molecule has 0 aliphatic rings. The highest BCUT2D eigenvalue weighted by Crippen LogP contribution is 2.25. The van der Waals surface area contributed by atoms with E-state index in [1.807, 2.05) is 0 Å². The molecule has 0 spiro atoms. The van der Waals surface area contributed by atoms with Crippen LogP contribution < -0.4 is 5.73 Å². The van der Waals surface area contributed by atoms with Gasteiger partial charge in [-0.15, -0.1) is 12.4 Å². The molecule has 106 valence electrons. The van der Waals surface area contributed by atoms with Crippen LogP contribution in [-0.2, 0) is 9.59 Å². The zero-order chi connectivity index (χ0) is 13.9. The van der Waals surface area contributed by atoms with Crippen molar-refractivity contribution in [3.8, 4) is 5.75 Å². The van der Waals surface area contributed by atoms with E-state index >= 15 is 0 Å². The minimum Gasteiger partial charge on any atom is -0.508 e. The summed E-state index contributed by atoms with van der Waals surface area (Å²) in [5.74, 6) is -2.60. The smallest absolute Gasteiger partial charge is 0.321 e. The predicted octanol–water partition coefficient (Wildman–Crippen LogP) is 1.53. The molecular formula is C13H18ClNO4. The molecule has 4 N–H and O–H groups in total. The first-order chi connectivity index (χ1) is 8.34. The van der Waals surface area contributed by atoms with E-state index in [0.717, 1.165) is 0 Å². The van der Waals surface area contributed by atoms with Gasteiger partial charge in [0, 0.05) is 5.92 Å². The van der Waals surface area contributed by atoms with Gasteiger partial charge >= 0.3 is 5.97 Å². The van der Waals surface area contributed by atoms with Crippen molar-refractivity contribution in [3.05, 3.63) is 29.8 Å². The number of hydrogen-bond donors (Lipinski definition) is 3. The number of rotatable bonds is 5. The number of phenolic OH excluding ortho intramolecular Hbond substituents is 1. The summed E-state index contributed by atoms with van der Waals surface area (Å²) in [6.45, 7) is 3.40. The summed E-state index contributed by atoms with van der Waals surface area (Å²) in [5.41, 5.74) is 6.09. The van der Waals surface area contributed by atoms with Crippen LogP contribution in [0.25, 0.3) is 0 Å². The molecule has 0 saturated carbocycles. The predicted molar refractivity (Wildman–Crippen MR) is 73.6 cm³/mol. The Balaban J connectivity index is 0.00000324. The first kappa shape index (κ1) is 17.4. The molecule has 0 radical (unpaired) electrons. The van der Waals surface area contributed by atoms with Crippen molar-refractivity contribution in [2.45, 2.75) is 25.8 Å². The maximum absolute atomic E-state index is 12.1. The Labute approximate surface area is 117 Å². The molecule has 1 unspecified atom stereocenters. The number of carboxylic acid groups (broad SMARTS) is 1. The third kappa shape index (κ3) is 4.22. The third-order valence-electron chi connectivity index (χ3n) is 2.77. The van der Waals surface area contributed by atoms with Crippen molar-refractivity contribution in [1.29, 1.82) is 0 Å². The van der Waals surface area contributed by atoms with Gasteiger partial charge in [0.15, 0.2) is 0 Å². The standard InChI is InChI=1S/C13H17NO4.ClH/c1-7(2)12(16)10(11(14)13(17)18)8-3-5-9(15)6-4-8;/h3-7,10-11,15H,14H2,1-2H3,(H,17,18);1H/t10?,11-;/m0./s1. The second-order valence-corrected chi connectivity index (χ2v) is 4.49. The first-order valence-electron chi connectivity index (χ1n) is 5.65. The number of Topliss-reactive ketones (excluding diaryl/α,β-unsaturated/α-hetero) is 1. The summed E-state index contributed by atoms with van der Waals surface area (Å²) in [6.07, 6.45) is 0.